The number of hydrogen-bond acceptors (Lipinski definition) is 4. The number of benzene rings is 2. The Kier molecular flexibility index (Phi) is 4.69. The molecule has 9 heteroatoms. The zero-order chi connectivity index (χ0) is 16.3. The molecule has 0 saturated carbocycles. The van der Waals surface area contributed by atoms with Crippen LogP contribution in [-0.4, -0.2) is 16.1 Å². The molecule has 2 rings (SSSR count). The molecular weight excluding hydrogens is 333 g/mol. The molecule has 0 radical (unpaired) electrons. The van der Waals surface area contributed by atoms with Gasteiger partial charge in [0.1, 0.15) is 5.75 Å². The monoisotopic (exact) mass is 341 g/mol. The molecule has 0 heterocycles. The first-order valence-electron chi connectivity index (χ1n) is 5.87. The molecule has 0 unspecified atom stereocenters. The molecule has 0 spiro atoms. The first kappa shape index (κ1) is 15.9. The van der Waals surface area contributed by atoms with E-state index in [0.29, 0.717) is 5.02 Å². The lowest BCUT2D eigenvalue weighted by atomic mass is 10.2. The van der Waals surface area contributed by atoms with Gasteiger partial charge in [-0.05, 0) is 24.3 Å². The van der Waals surface area contributed by atoms with Crippen LogP contribution in [0, 0.1) is 10.1 Å². The van der Waals surface area contributed by atoms with Gasteiger partial charge in [0, 0.05) is 11.1 Å². The van der Waals surface area contributed by atoms with Crippen LogP contribution in [-0.2, 0) is 0 Å². The summed E-state index contributed by atoms with van der Waals surface area (Å²) in [5.74, 6) is -0.429. The molecule has 0 atom stereocenters. The van der Waals surface area contributed by atoms with Gasteiger partial charge in [0.05, 0.1) is 27.4 Å². The largest absolute Gasteiger partial charge is 0.506 e. The second-order valence-corrected chi connectivity index (χ2v) is 5.01. The molecule has 0 aromatic heterocycles. The SMILES string of the molecule is O=C(Nc1ccc([N+](=O)[O-])cc1O)Nc1cc(Cl)ccc1Cl. The molecular formula is C13H9Cl2N3O4. The van der Waals surface area contributed by atoms with Crippen molar-refractivity contribution >= 4 is 46.3 Å². The second-order valence-electron chi connectivity index (χ2n) is 4.16. The minimum absolute atomic E-state index is 0.0150. The van der Waals surface area contributed by atoms with E-state index in [1.165, 1.54) is 18.2 Å². The van der Waals surface area contributed by atoms with Crippen molar-refractivity contribution in [3.63, 3.8) is 0 Å². The third kappa shape index (κ3) is 3.78. The molecule has 2 amide bonds. The molecule has 7 nitrogen and oxygen atoms in total. The molecule has 0 fully saturated rings. The number of carbonyl (C=O) groups is 1. The molecule has 0 aliphatic heterocycles. The van der Waals surface area contributed by atoms with E-state index in [2.05, 4.69) is 10.6 Å². The van der Waals surface area contributed by atoms with Gasteiger partial charge in [0.2, 0.25) is 0 Å². The Bertz CT molecular complexity index is 752. The second kappa shape index (κ2) is 6.50. The number of aromatic hydroxyl groups is 1. The summed E-state index contributed by atoms with van der Waals surface area (Å²) in [6.07, 6.45) is 0. The van der Waals surface area contributed by atoms with Gasteiger partial charge in [-0.1, -0.05) is 23.2 Å². The van der Waals surface area contributed by atoms with Gasteiger partial charge in [-0.15, -0.1) is 0 Å². The number of non-ortho nitro benzene ring substituents is 1. The van der Waals surface area contributed by atoms with E-state index in [0.717, 1.165) is 12.1 Å². The molecule has 3 N–H and O–H groups in total. The van der Waals surface area contributed by atoms with Crippen LogP contribution in [0.4, 0.5) is 21.9 Å². The van der Waals surface area contributed by atoms with E-state index in [1.807, 2.05) is 0 Å². The maximum Gasteiger partial charge on any atom is 0.323 e. The molecule has 0 aliphatic rings. The number of halogens is 2. The van der Waals surface area contributed by atoms with Crippen molar-refractivity contribution in [3.05, 3.63) is 56.6 Å². The van der Waals surface area contributed by atoms with E-state index in [1.54, 1.807) is 6.07 Å². The number of rotatable bonds is 3. The van der Waals surface area contributed by atoms with Crippen LogP contribution in [0.1, 0.15) is 0 Å². The maximum absolute atomic E-state index is 11.8. The molecule has 2 aromatic rings. The molecule has 2 aromatic carbocycles. The summed E-state index contributed by atoms with van der Waals surface area (Å²) in [5, 5.41) is 25.7. The van der Waals surface area contributed by atoms with E-state index >= 15 is 0 Å². The Hall–Kier alpha value is -2.51. The normalized spacial score (nSPS) is 10.1. The summed E-state index contributed by atoms with van der Waals surface area (Å²) < 4.78 is 0. The summed E-state index contributed by atoms with van der Waals surface area (Å²) >= 11 is 11.7. The van der Waals surface area contributed by atoms with Gasteiger partial charge >= 0.3 is 6.03 Å². The van der Waals surface area contributed by atoms with E-state index < -0.39 is 16.7 Å². The molecule has 22 heavy (non-hydrogen) atoms. The number of nitrogens with zero attached hydrogens (tertiary/aromatic N) is 1. The summed E-state index contributed by atoms with van der Waals surface area (Å²) in [5.41, 5.74) is 0.00987. The molecule has 0 bridgehead atoms. The predicted molar refractivity (Wildman–Crippen MR) is 83.9 cm³/mol. The number of hydrogen-bond donors (Lipinski definition) is 3. The van der Waals surface area contributed by atoms with Crippen LogP contribution < -0.4 is 10.6 Å². The Labute approximate surface area is 134 Å². The van der Waals surface area contributed by atoms with E-state index in [-0.39, 0.29) is 22.1 Å². The minimum atomic E-state index is -0.687. The lowest BCUT2D eigenvalue weighted by Crippen LogP contribution is -2.19. The number of phenolic OH excluding ortho intramolecular Hbond substituents is 1. The van der Waals surface area contributed by atoms with Gasteiger partial charge < -0.3 is 15.7 Å². The highest BCUT2D eigenvalue weighted by molar-refractivity contribution is 6.35. The minimum Gasteiger partial charge on any atom is -0.506 e. The van der Waals surface area contributed by atoms with E-state index in [4.69, 9.17) is 23.2 Å². The van der Waals surface area contributed by atoms with Gasteiger partial charge in [0.15, 0.2) is 0 Å². The lowest BCUT2D eigenvalue weighted by molar-refractivity contribution is -0.384. The van der Waals surface area contributed by atoms with Gasteiger partial charge in [-0.2, -0.15) is 0 Å². The topological polar surface area (TPSA) is 104 Å². The van der Waals surface area contributed by atoms with Crippen LogP contribution in [0.3, 0.4) is 0 Å². The average Bonchev–Trinajstić information content (AvgIpc) is 2.45. The van der Waals surface area contributed by atoms with Crippen molar-refractivity contribution in [3.8, 4) is 5.75 Å². The number of anilines is 2. The van der Waals surface area contributed by atoms with Crippen molar-refractivity contribution in [2.75, 3.05) is 10.6 Å². The Balaban J connectivity index is 2.12. The highest BCUT2D eigenvalue weighted by Crippen LogP contribution is 2.29. The van der Waals surface area contributed by atoms with Gasteiger partial charge in [-0.3, -0.25) is 10.1 Å². The Morgan fingerprint density at radius 3 is 2.41 bits per heavy atom. The first-order chi connectivity index (χ1) is 10.4. The third-order valence-electron chi connectivity index (χ3n) is 2.62. The zero-order valence-corrected chi connectivity index (χ0v) is 12.4. The summed E-state index contributed by atoms with van der Waals surface area (Å²) in [7, 11) is 0. The van der Waals surface area contributed by atoms with Gasteiger partial charge in [0.25, 0.3) is 5.69 Å². The average molecular weight is 342 g/mol. The zero-order valence-electron chi connectivity index (χ0n) is 10.8. The first-order valence-corrected chi connectivity index (χ1v) is 6.63. The quantitative estimate of drug-likeness (QED) is 0.440. The summed E-state index contributed by atoms with van der Waals surface area (Å²) in [6, 6.07) is 7.15. The van der Waals surface area contributed by atoms with E-state index in [9.17, 15) is 20.0 Å². The molecule has 114 valence electrons. The maximum atomic E-state index is 11.8. The van der Waals surface area contributed by atoms with Crippen molar-refractivity contribution in [1.82, 2.24) is 0 Å². The number of nitro benzene ring substituents is 1. The molecule has 0 aliphatic carbocycles. The fraction of sp³-hybridized carbons (Fsp3) is 0. The number of phenols is 1. The Morgan fingerprint density at radius 2 is 1.77 bits per heavy atom. The summed E-state index contributed by atoms with van der Waals surface area (Å²) in [6.45, 7) is 0. The van der Waals surface area contributed by atoms with Crippen molar-refractivity contribution in [2.45, 2.75) is 0 Å². The number of urea groups is 1. The fourth-order valence-electron chi connectivity index (χ4n) is 1.61. The number of nitrogens with one attached hydrogen (secondary N) is 2. The third-order valence-corrected chi connectivity index (χ3v) is 3.18. The molecule has 0 saturated heterocycles. The van der Waals surface area contributed by atoms with Crippen LogP contribution in [0.2, 0.25) is 10.0 Å². The van der Waals surface area contributed by atoms with Crippen LogP contribution in [0.25, 0.3) is 0 Å². The summed E-state index contributed by atoms with van der Waals surface area (Å²) in [4.78, 5) is 21.8. The van der Waals surface area contributed by atoms with Gasteiger partial charge in [-0.25, -0.2) is 4.79 Å². The number of carbonyl (C=O) groups excluding carboxylic acids is 1. The Morgan fingerprint density at radius 1 is 1.09 bits per heavy atom. The highest BCUT2D eigenvalue weighted by Gasteiger charge is 2.13. The standard InChI is InChI=1S/C13H9Cl2N3O4/c14-7-1-3-9(15)11(5-7)17-13(20)16-10-4-2-8(18(21)22)6-12(10)19/h1-6,19H,(H2,16,17,20). The number of nitro groups is 1. The van der Waals surface area contributed by atoms with Crippen molar-refractivity contribution in [2.24, 2.45) is 0 Å². The lowest BCUT2D eigenvalue weighted by Gasteiger charge is -2.10. The van der Waals surface area contributed by atoms with Crippen molar-refractivity contribution in [1.29, 1.82) is 0 Å². The number of amides is 2. The smallest absolute Gasteiger partial charge is 0.323 e. The highest BCUT2D eigenvalue weighted by atomic mass is 35.5. The van der Waals surface area contributed by atoms with Crippen molar-refractivity contribution < 1.29 is 14.8 Å². The van der Waals surface area contributed by atoms with Crippen LogP contribution >= 0.6 is 23.2 Å². The fourth-order valence-corrected chi connectivity index (χ4v) is 1.95. The van der Waals surface area contributed by atoms with Crippen LogP contribution in [0.5, 0.6) is 5.75 Å². The predicted octanol–water partition coefficient (Wildman–Crippen LogP) is 4.25. The van der Waals surface area contributed by atoms with Crippen LogP contribution in [0.15, 0.2) is 36.4 Å².